The Hall–Kier alpha value is -9.18. The molecule has 0 aliphatic heterocycles. The summed E-state index contributed by atoms with van der Waals surface area (Å²) in [7, 11) is 0. The number of anilines is 3. The molecule has 0 saturated heterocycles. The largest absolute Gasteiger partial charge is 0.455 e. The van der Waals surface area contributed by atoms with Crippen molar-refractivity contribution in [2.75, 3.05) is 4.90 Å². The zero-order valence-electron chi connectivity index (χ0n) is 37.6. The van der Waals surface area contributed by atoms with Crippen molar-refractivity contribution in [2.24, 2.45) is 0 Å². The van der Waals surface area contributed by atoms with Gasteiger partial charge in [0.05, 0.1) is 16.7 Å². The molecule has 0 aliphatic carbocycles. The van der Waals surface area contributed by atoms with Crippen LogP contribution in [0.2, 0.25) is 0 Å². The maximum Gasteiger partial charge on any atom is 0.143 e. The van der Waals surface area contributed by atoms with E-state index in [-0.39, 0.29) is 0 Å². The highest BCUT2D eigenvalue weighted by atomic mass is 16.3. The molecular formula is C66H42N2O. The number of fused-ring (bicyclic) bond motifs is 11. The third-order valence-corrected chi connectivity index (χ3v) is 14.2. The van der Waals surface area contributed by atoms with Crippen LogP contribution in [0.3, 0.4) is 0 Å². The van der Waals surface area contributed by atoms with Crippen molar-refractivity contribution in [3.8, 4) is 39.1 Å². The quantitative estimate of drug-likeness (QED) is 0.149. The molecule has 0 fully saturated rings. The normalized spacial score (nSPS) is 11.8. The SMILES string of the molecule is c1ccc(-n2c3ccccc3c3ccccc32)c(-c2ccc(N(c3ccc(-c4cc5ccccc5c5ccccc45)cc3)c3ccc(-c4cccc5oc6c7ccccc7ccc6c45)cc3)cc2)c1. The van der Waals surface area contributed by atoms with E-state index >= 15 is 0 Å². The predicted molar refractivity (Wildman–Crippen MR) is 292 cm³/mol. The fourth-order valence-corrected chi connectivity index (χ4v) is 11.0. The van der Waals surface area contributed by atoms with E-state index in [0.717, 1.165) is 66.8 Å². The fraction of sp³-hybridized carbons (Fsp3) is 0. The van der Waals surface area contributed by atoms with Gasteiger partial charge in [0.2, 0.25) is 0 Å². The Balaban J connectivity index is 0.889. The summed E-state index contributed by atoms with van der Waals surface area (Å²) in [5, 5.41) is 12.1. The highest BCUT2D eigenvalue weighted by Crippen LogP contribution is 2.44. The Kier molecular flexibility index (Phi) is 8.90. The average molecular weight is 879 g/mol. The van der Waals surface area contributed by atoms with Crippen molar-refractivity contribution in [1.82, 2.24) is 4.57 Å². The summed E-state index contributed by atoms with van der Waals surface area (Å²) in [5.74, 6) is 0. The van der Waals surface area contributed by atoms with Crippen molar-refractivity contribution in [2.45, 2.75) is 0 Å². The van der Waals surface area contributed by atoms with Gasteiger partial charge in [0.25, 0.3) is 0 Å². The minimum Gasteiger partial charge on any atom is -0.455 e. The van der Waals surface area contributed by atoms with Gasteiger partial charge in [-0.1, -0.05) is 182 Å². The molecular weight excluding hydrogens is 837 g/mol. The fourth-order valence-electron chi connectivity index (χ4n) is 11.0. The molecule has 14 aromatic rings. The van der Waals surface area contributed by atoms with Crippen LogP contribution >= 0.6 is 0 Å². The number of aromatic nitrogens is 1. The van der Waals surface area contributed by atoms with Gasteiger partial charge in [0.15, 0.2) is 0 Å². The van der Waals surface area contributed by atoms with E-state index in [9.17, 15) is 0 Å². The van der Waals surface area contributed by atoms with Crippen LogP contribution in [0.4, 0.5) is 17.1 Å². The number of furan rings is 1. The van der Waals surface area contributed by atoms with E-state index in [1.54, 1.807) is 0 Å². The average Bonchev–Trinajstić information content (AvgIpc) is 3.98. The van der Waals surface area contributed by atoms with Gasteiger partial charge in [-0.25, -0.2) is 0 Å². The Bertz CT molecular complexity index is 4240. The number of hydrogen-bond donors (Lipinski definition) is 0. The molecule has 69 heavy (non-hydrogen) atoms. The molecule has 3 nitrogen and oxygen atoms in total. The van der Waals surface area contributed by atoms with Gasteiger partial charge in [-0.3, -0.25) is 0 Å². The lowest BCUT2D eigenvalue weighted by atomic mass is 9.93. The highest BCUT2D eigenvalue weighted by Gasteiger charge is 2.19. The molecule has 2 heterocycles. The van der Waals surface area contributed by atoms with Gasteiger partial charge >= 0.3 is 0 Å². The first-order valence-electron chi connectivity index (χ1n) is 23.7. The van der Waals surface area contributed by atoms with E-state index in [2.05, 4.69) is 264 Å². The Labute approximate surface area is 399 Å². The van der Waals surface area contributed by atoms with E-state index in [0.29, 0.717) is 0 Å². The molecule has 14 rings (SSSR count). The van der Waals surface area contributed by atoms with Crippen molar-refractivity contribution in [1.29, 1.82) is 0 Å². The van der Waals surface area contributed by atoms with Gasteiger partial charge in [-0.2, -0.15) is 0 Å². The Morgan fingerprint density at radius 1 is 0.304 bits per heavy atom. The van der Waals surface area contributed by atoms with Crippen LogP contribution in [-0.2, 0) is 0 Å². The van der Waals surface area contributed by atoms with Crippen LogP contribution in [-0.4, -0.2) is 4.57 Å². The lowest BCUT2D eigenvalue weighted by molar-refractivity contribution is 0.673. The summed E-state index contributed by atoms with van der Waals surface area (Å²) in [6.07, 6.45) is 0. The maximum absolute atomic E-state index is 6.59. The van der Waals surface area contributed by atoms with Gasteiger partial charge in [0, 0.05) is 49.6 Å². The summed E-state index contributed by atoms with van der Waals surface area (Å²) >= 11 is 0. The molecule has 0 unspecified atom stereocenters. The molecule has 2 aromatic heterocycles. The molecule has 3 heteroatoms. The molecule has 0 saturated carbocycles. The second kappa shape index (κ2) is 15.7. The van der Waals surface area contributed by atoms with Crippen LogP contribution in [0.1, 0.15) is 0 Å². The van der Waals surface area contributed by atoms with E-state index in [1.807, 2.05) is 0 Å². The number of rotatable bonds is 7. The summed E-state index contributed by atoms with van der Waals surface area (Å²) in [4.78, 5) is 2.37. The van der Waals surface area contributed by atoms with Crippen molar-refractivity contribution in [3.63, 3.8) is 0 Å². The molecule has 12 aromatic carbocycles. The first kappa shape index (κ1) is 39.0. The summed E-state index contributed by atoms with van der Waals surface area (Å²) in [6.45, 7) is 0. The van der Waals surface area contributed by atoms with Crippen molar-refractivity contribution < 1.29 is 4.42 Å². The van der Waals surface area contributed by atoms with Gasteiger partial charge < -0.3 is 13.9 Å². The topological polar surface area (TPSA) is 21.3 Å². The third-order valence-electron chi connectivity index (χ3n) is 14.2. The standard InChI is InChI=1S/C66H42N2O/c1-4-18-54-43(14-1)34-41-59-65-53(23-13-27-64(65)69-66(54)59)45-30-37-49(38-31-45)67(50-39-32-46(33-40-50)60-42-47-15-2-3-16-51(47)55-19-5-6-20-56(55)60)48-35-28-44(29-36-48)52-17-7-10-24-61(52)68-62-25-11-8-21-57(62)58-22-9-12-26-63(58)68/h1-42H. The molecule has 0 aliphatic rings. The van der Waals surface area contributed by atoms with Crippen LogP contribution in [0.25, 0.3) is 115 Å². The van der Waals surface area contributed by atoms with Gasteiger partial charge in [-0.05, 0) is 128 Å². The van der Waals surface area contributed by atoms with Crippen LogP contribution in [0, 0.1) is 0 Å². The van der Waals surface area contributed by atoms with Gasteiger partial charge in [0.1, 0.15) is 11.2 Å². The third kappa shape index (κ3) is 6.29. The highest BCUT2D eigenvalue weighted by molar-refractivity contribution is 6.19. The molecule has 0 atom stereocenters. The van der Waals surface area contributed by atoms with Crippen molar-refractivity contribution >= 4 is 93.1 Å². The number of benzene rings is 12. The second-order valence-electron chi connectivity index (χ2n) is 18.0. The maximum atomic E-state index is 6.59. The van der Waals surface area contributed by atoms with E-state index in [1.165, 1.54) is 65.4 Å². The molecule has 0 N–H and O–H groups in total. The Morgan fingerprint density at radius 2 is 0.797 bits per heavy atom. The zero-order valence-corrected chi connectivity index (χ0v) is 37.6. The minimum atomic E-state index is 0.892. The first-order valence-corrected chi connectivity index (χ1v) is 23.7. The monoisotopic (exact) mass is 878 g/mol. The smallest absolute Gasteiger partial charge is 0.143 e. The summed E-state index contributed by atoms with van der Waals surface area (Å²) < 4.78 is 9.00. The van der Waals surface area contributed by atoms with E-state index in [4.69, 9.17) is 4.42 Å². The van der Waals surface area contributed by atoms with Crippen molar-refractivity contribution in [3.05, 3.63) is 255 Å². The lowest BCUT2D eigenvalue weighted by Crippen LogP contribution is -2.10. The zero-order chi connectivity index (χ0) is 45.4. The minimum absolute atomic E-state index is 0.892. The summed E-state index contributed by atoms with van der Waals surface area (Å²) in [6, 6.07) is 92.4. The summed E-state index contributed by atoms with van der Waals surface area (Å²) in [5.41, 5.74) is 15.6. The van der Waals surface area contributed by atoms with Crippen LogP contribution in [0.15, 0.2) is 259 Å². The number of hydrogen-bond acceptors (Lipinski definition) is 2. The van der Waals surface area contributed by atoms with Crippen LogP contribution in [0.5, 0.6) is 0 Å². The second-order valence-corrected chi connectivity index (χ2v) is 18.0. The Morgan fingerprint density at radius 3 is 1.46 bits per heavy atom. The number of nitrogens with zero attached hydrogens (tertiary/aromatic N) is 2. The molecule has 0 amide bonds. The molecule has 0 radical (unpaired) electrons. The van der Waals surface area contributed by atoms with Crippen LogP contribution < -0.4 is 4.90 Å². The van der Waals surface area contributed by atoms with Gasteiger partial charge in [-0.15, -0.1) is 0 Å². The molecule has 322 valence electrons. The first-order chi connectivity index (χ1) is 34.2. The predicted octanol–water partition coefficient (Wildman–Crippen LogP) is 18.6. The van der Waals surface area contributed by atoms with E-state index < -0.39 is 0 Å². The lowest BCUT2D eigenvalue weighted by Gasteiger charge is -2.26. The molecule has 0 spiro atoms. The number of para-hydroxylation sites is 3. The molecule has 0 bridgehead atoms.